The van der Waals surface area contributed by atoms with Crippen LogP contribution in [0.5, 0.6) is 0 Å². The van der Waals surface area contributed by atoms with Crippen LogP contribution in [0.1, 0.15) is 28.7 Å². The second-order valence-electron chi connectivity index (χ2n) is 4.86. The number of rotatable bonds is 4. The van der Waals surface area contributed by atoms with E-state index in [4.69, 9.17) is 5.73 Å². The number of aliphatic hydroxyl groups is 1. The van der Waals surface area contributed by atoms with Gasteiger partial charge in [0.2, 0.25) is 0 Å². The lowest BCUT2D eigenvalue weighted by atomic mass is 9.89. The van der Waals surface area contributed by atoms with E-state index in [1.807, 2.05) is 49.4 Å². The molecule has 0 fully saturated rings. The molecular formula is C16H17Br2NO. The molecule has 106 valence electrons. The third-order valence-corrected chi connectivity index (χ3v) is 4.62. The first kappa shape index (κ1) is 15.7. The molecule has 0 bridgehead atoms. The maximum atomic E-state index is 10.7. The van der Waals surface area contributed by atoms with Gasteiger partial charge in [-0.05, 0) is 41.8 Å². The molecule has 0 aliphatic heterocycles. The Labute approximate surface area is 136 Å². The molecule has 2 nitrogen and oxygen atoms in total. The lowest BCUT2D eigenvalue weighted by Gasteiger charge is -2.23. The van der Waals surface area contributed by atoms with Gasteiger partial charge in [0.25, 0.3) is 0 Å². The molecule has 0 heterocycles. The van der Waals surface area contributed by atoms with Crippen molar-refractivity contribution in [1.82, 2.24) is 0 Å². The number of hydrogen-bond acceptors (Lipinski definition) is 2. The molecule has 0 radical (unpaired) electrons. The first-order chi connectivity index (χ1) is 9.52. The van der Waals surface area contributed by atoms with Crippen molar-refractivity contribution in [2.45, 2.75) is 18.9 Å². The number of aryl methyl sites for hydroxylation is 1. The van der Waals surface area contributed by atoms with E-state index in [0.29, 0.717) is 6.54 Å². The molecule has 2 rings (SSSR count). The number of benzene rings is 2. The van der Waals surface area contributed by atoms with Crippen molar-refractivity contribution in [2.75, 3.05) is 6.54 Å². The maximum absolute atomic E-state index is 10.7. The molecule has 2 aromatic rings. The molecule has 2 aromatic carbocycles. The van der Waals surface area contributed by atoms with Crippen LogP contribution in [0.4, 0.5) is 0 Å². The van der Waals surface area contributed by atoms with E-state index in [-0.39, 0.29) is 5.92 Å². The molecule has 4 heteroatoms. The summed E-state index contributed by atoms with van der Waals surface area (Å²) >= 11 is 6.94. The smallest absolute Gasteiger partial charge is 0.0881 e. The molecule has 2 atom stereocenters. The summed E-state index contributed by atoms with van der Waals surface area (Å²) in [5.41, 5.74) is 8.93. The molecule has 2 unspecified atom stereocenters. The minimum Gasteiger partial charge on any atom is -0.388 e. The van der Waals surface area contributed by atoms with Crippen LogP contribution < -0.4 is 5.73 Å². The number of hydrogen-bond donors (Lipinski definition) is 2. The van der Waals surface area contributed by atoms with E-state index in [1.165, 1.54) is 0 Å². The SMILES string of the molecule is Cc1ccc(C(O)C(CN)c2ccc(Br)cc2)c(Br)c1. The summed E-state index contributed by atoms with van der Waals surface area (Å²) in [6, 6.07) is 13.9. The summed E-state index contributed by atoms with van der Waals surface area (Å²) in [5.74, 6) is -0.123. The van der Waals surface area contributed by atoms with Gasteiger partial charge in [-0.3, -0.25) is 0 Å². The third kappa shape index (κ3) is 3.50. The van der Waals surface area contributed by atoms with Crippen molar-refractivity contribution in [2.24, 2.45) is 5.73 Å². The van der Waals surface area contributed by atoms with Gasteiger partial charge in [0, 0.05) is 21.4 Å². The van der Waals surface area contributed by atoms with E-state index >= 15 is 0 Å². The van der Waals surface area contributed by atoms with E-state index in [1.54, 1.807) is 0 Å². The van der Waals surface area contributed by atoms with Crippen LogP contribution in [0.25, 0.3) is 0 Å². The van der Waals surface area contributed by atoms with Crippen molar-refractivity contribution in [3.8, 4) is 0 Å². The largest absolute Gasteiger partial charge is 0.388 e. The maximum Gasteiger partial charge on any atom is 0.0881 e. The van der Waals surface area contributed by atoms with Crippen LogP contribution in [0.3, 0.4) is 0 Å². The highest BCUT2D eigenvalue weighted by Gasteiger charge is 2.23. The zero-order valence-electron chi connectivity index (χ0n) is 11.2. The predicted octanol–water partition coefficient (Wildman–Crippen LogP) is 4.30. The molecule has 0 spiro atoms. The molecule has 0 aromatic heterocycles. The van der Waals surface area contributed by atoms with Gasteiger partial charge in [-0.25, -0.2) is 0 Å². The summed E-state index contributed by atoms with van der Waals surface area (Å²) in [7, 11) is 0. The van der Waals surface area contributed by atoms with Crippen molar-refractivity contribution < 1.29 is 5.11 Å². The standard InChI is InChI=1S/C16H17Br2NO/c1-10-2-7-13(15(18)8-10)16(20)14(9-19)11-3-5-12(17)6-4-11/h2-8,14,16,20H,9,19H2,1H3. The minimum absolute atomic E-state index is 0.123. The quantitative estimate of drug-likeness (QED) is 0.806. The molecule has 3 N–H and O–H groups in total. The molecule has 0 aliphatic carbocycles. The van der Waals surface area contributed by atoms with Gasteiger partial charge in [-0.15, -0.1) is 0 Å². The third-order valence-electron chi connectivity index (χ3n) is 3.41. The summed E-state index contributed by atoms with van der Waals surface area (Å²) in [6.45, 7) is 2.42. The van der Waals surface area contributed by atoms with Crippen LogP contribution in [0.15, 0.2) is 51.4 Å². The van der Waals surface area contributed by atoms with E-state index < -0.39 is 6.10 Å². The summed E-state index contributed by atoms with van der Waals surface area (Å²) < 4.78 is 1.93. The summed E-state index contributed by atoms with van der Waals surface area (Å²) in [6.07, 6.45) is -0.629. The molecule has 0 amide bonds. The Kier molecular flexibility index (Phi) is 5.38. The van der Waals surface area contributed by atoms with Crippen molar-refractivity contribution in [3.63, 3.8) is 0 Å². The minimum atomic E-state index is -0.629. The first-order valence-electron chi connectivity index (χ1n) is 6.42. The van der Waals surface area contributed by atoms with Crippen LogP contribution in [0.2, 0.25) is 0 Å². The topological polar surface area (TPSA) is 46.2 Å². The fraction of sp³-hybridized carbons (Fsp3) is 0.250. The highest BCUT2D eigenvalue weighted by Crippen LogP contribution is 2.34. The van der Waals surface area contributed by atoms with Crippen LogP contribution in [-0.2, 0) is 0 Å². The Morgan fingerprint density at radius 3 is 2.30 bits per heavy atom. The Balaban J connectivity index is 2.33. The van der Waals surface area contributed by atoms with Crippen molar-refractivity contribution in [1.29, 1.82) is 0 Å². The average molecular weight is 399 g/mol. The molecule has 20 heavy (non-hydrogen) atoms. The van der Waals surface area contributed by atoms with E-state index in [2.05, 4.69) is 31.9 Å². The highest BCUT2D eigenvalue weighted by atomic mass is 79.9. The van der Waals surface area contributed by atoms with Crippen LogP contribution >= 0.6 is 31.9 Å². The van der Waals surface area contributed by atoms with Gasteiger partial charge < -0.3 is 10.8 Å². The zero-order chi connectivity index (χ0) is 14.7. The van der Waals surface area contributed by atoms with Gasteiger partial charge in [-0.1, -0.05) is 56.1 Å². The number of aliphatic hydroxyl groups excluding tert-OH is 1. The van der Waals surface area contributed by atoms with Gasteiger partial charge in [0.05, 0.1) is 6.10 Å². The van der Waals surface area contributed by atoms with Crippen molar-refractivity contribution in [3.05, 3.63) is 68.1 Å². The Morgan fingerprint density at radius 1 is 1.10 bits per heavy atom. The Bertz CT molecular complexity index is 584. The summed E-state index contributed by atoms with van der Waals surface area (Å²) in [5, 5.41) is 10.7. The predicted molar refractivity (Wildman–Crippen MR) is 89.8 cm³/mol. The Hall–Kier alpha value is -0.680. The van der Waals surface area contributed by atoms with Crippen molar-refractivity contribution >= 4 is 31.9 Å². The normalized spacial score (nSPS) is 14.1. The van der Waals surface area contributed by atoms with Gasteiger partial charge in [0.15, 0.2) is 0 Å². The molecule has 0 saturated carbocycles. The van der Waals surface area contributed by atoms with Gasteiger partial charge >= 0.3 is 0 Å². The lowest BCUT2D eigenvalue weighted by molar-refractivity contribution is 0.146. The molecular weight excluding hydrogens is 382 g/mol. The lowest BCUT2D eigenvalue weighted by Crippen LogP contribution is -2.20. The molecule has 0 aliphatic rings. The highest BCUT2D eigenvalue weighted by molar-refractivity contribution is 9.10. The molecule has 0 saturated heterocycles. The second-order valence-corrected chi connectivity index (χ2v) is 6.63. The Morgan fingerprint density at radius 2 is 1.75 bits per heavy atom. The number of nitrogens with two attached hydrogens (primary N) is 1. The fourth-order valence-corrected chi connectivity index (χ4v) is 3.24. The van der Waals surface area contributed by atoms with E-state index in [9.17, 15) is 5.11 Å². The zero-order valence-corrected chi connectivity index (χ0v) is 14.4. The monoisotopic (exact) mass is 397 g/mol. The van der Waals surface area contributed by atoms with Gasteiger partial charge in [-0.2, -0.15) is 0 Å². The van der Waals surface area contributed by atoms with Gasteiger partial charge in [0.1, 0.15) is 0 Å². The first-order valence-corrected chi connectivity index (χ1v) is 8.01. The van der Waals surface area contributed by atoms with E-state index in [0.717, 1.165) is 25.6 Å². The average Bonchev–Trinajstić information content (AvgIpc) is 2.41. The van der Waals surface area contributed by atoms with Crippen LogP contribution in [-0.4, -0.2) is 11.7 Å². The fourth-order valence-electron chi connectivity index (χ4n) is 2.25. The number of halogens is 2. The summed E-state index contributed by atoms with van der Waals surface area (Å²) in [4.78, 5) is 0. The van der Waals surface area contributed by atoms with Crippen LogP contribution in [0, 0.1) is 6.92 Å². The second kappa shape index (κ2) is 6.85.